The lowest BCUT2D eigenvalue weighted by atomic mass is 9.71. The quantitative estimate of drug-likeness (QED) is 0.582. The molecule has 0 aromatic heterocycles. The van der Waals surface area contributed by atoms with Crippen LogP contribution in [0.2, 0.25) is 19.6 Å². The van der Waals surface area contributed by atoms with Crippen LogP contribution in [0.1, 0.15) is 39.5 Å². The predicted octanol–water partition coefficient (Wildman–Crippen LogP) is 4.01. The normalized spacial score (nSPS) is 37.2. The summed E-state index contributed by atoms with van der Waals surface area (Å²) in [6, 6.07) is 0. The van der Waals surface area contributed by atoms with Gasteiger partial charge in [-0.25, -0.2) is 0 Å². The molecule has 3 rings (SSSR count). The van der Waals surface area contributed by atoms with Crippen LogP contribution < -0.4 is 0 Å². The summed E-state index contributed by atoms with van der Waals surface area (Å²) in [5.41, 5.74) is 1.11. The van der Waals surface area contributed by atoms with Gasteiger partial charge in [-0.2, -0.15) is 0 Å². The molecule has 1 saturated carbocycles. The van der Waals surface area contributed by atoms with Crippen molar-refractivity contribution in [3.63, 3.8) is 0 Å². The van der Waals surface area contributed by atoms with Gasteiger partial charge in [0, 0.05) is 12.8 Å². The fourth-order valence-corrected chi connectivity index (χ4v) is 6.96. The highest BCUT2D eigenvalue weighted by atomic mass is 28.3. The van der Waals surface area contributed by atoms with Crippen LogP contribution in [0.3, 0.4) is 0 Å². The zero-order valence-electron chi connectivity index (χ0n) is 14.5. The Morgan fingerprint density at radius 3 is 2.59 bits per heavy atom. The molecule has 4 heteroatoms. The van der Waals surface area contributed by atoms with Gasteiger partial charge in [0.15, 0.2) is 11.6 Å². The van der Waals surface area contributed by atoms with E-state index in [1.54, 1.807) is 0 Å². The summed E-state index contributed by atoms with van der Waals surface area (Å²) in [5, 5.41) is 1.15. The number of hydrogen-bond acceptors (Lipinski definition) is 3. The second-order valence-corrected chi connectivity index (χ2v) is 13.6. The number of carbonyl (C=O) groups is 1. The summed E-state index contributed by atoms with van der Waals surface area (Å²) < 4.78 is 12.6. The van der Waals surface area contributed by atoms with Crippen molar-refractivity contribution in [2.24, 2.45) is 5.92 Å². The molecule has 1 aliphatic heterocycles. The molecule has 2 aliphatic carbocycles. The minimum absolute atomic E-state index is 0.0376. The SMILES string of the molecule is C=CC[C@]12C[C@H]3CC(=O)C([Si](C)(C)C)=C3[C@H](C1)OC(C)(C)O2. The summed E-state index contributed by atoms with van der Waals surface area (Å²) >= 11 is 0. The van der Waals surface area contributed by atoms with Crippen molar-refractivity contribution < 1.29 is 14.3 Å². The zero-order chi connectivity index (χ0) is 16.3. The first-order valence-corrected chi connectivity index (χ1v) is 11.8. The highest BCUT2D eigenvalue weighted by Gasteiger charge is 2.56. The molecule has 3 atom stereocenters. The first kappa shape index (κ1) is 16.2. The predicted molar refractivity (Wildman–Crippen MR) is 90.3 cm³/mol. The maximum Gasteiger partial charge on any atom is 0.164 e. The summed E-state index contributed by atoms with van der Waals surface area (Å²) in [5.74, 6) is 0.0750. The molecular weight excluding hydrogens is 292 g/mol. The van der Waals surface area contributed by atoms with Gasteiger partial charge >= 0.3 is 0 Å². The molecule has 0 spiro atoms. The van der Waals surface area contributed by atoms with E-state index in [4.69, 9.17) is 9.47 Å². The number of hydrogen-bond donors (Lipinski definition) is 0. The van der Waals surface area contributed by atoms with Crippen LogP contribution in [0.15, 0.2) is 23.4 Å². The monoisotopic (exact) mass is 320 g/mol. The van der Waals surface area contributed by atoms with E-state index < -0.39 is 13.9 Å². The zero-order valence-corrected chi connectivity index (χ0v) is 15.5. The van der Waals surface area contributed by atoms with Crippen molar-refractivity contribution in [1.29, 1.82) is 0 Å². The van der Waals surface area contributed by atoms with Crippen LogP contribution in [0.5, 0.6) is 0 Å². The number of ketones is 1. The van der Waals surface area contributed by atoms with Crippen molar-refractivity contribution in [2.75, 3.05) is 0 Å². The van der Waals surface area contributed by atoms with E-state index in [0.29, 0.717) is 18.1 Å². The number of allylic oxidation sites excluding steroid dienone is 1. The second-order valence-electron chi connectivity index (χ2n) is 8.60. The number of ether oxygens (including phenoxy) is 2. The van der Waals surface area contributed by atoms with Crippen LogP contribution in [-0.2, 0) is 14.3 Å². The average Bonchev–Trinajstić information content (AvgIpc) is 2.62. The van der Waals surface area contributed by atoms with E-state index in [9.17, 15) is 4.79 Å². The van der Waals surface area contributed by atoms with Crippen LogP contribution >= 0.6 is 0 Å². The third kappa shape index (κ3) is 2.55. The summed E-state index contributed by atoms with van der Waals surface area (Å²) in [7, 11) is -1.65. The van der Waals surface area contributed by atoms with Gasteiger partial charge in [0.25, 0.3) is 0 Å². The standard InChI is InChI=1S/C18H28O3Si/c1-7-8-18-10-12-9-13(19)16(22(4,5)6)15(12)14(11-18)20-17(2,3)21-18/h7,12,14H,1,8-11H2,2-6H3/t12-,14+,18+/m1/s1. The third-order valence-electron chi connectivity index (χ3n) is 5.12. The van der Waals surface area contributed by atoms with Crippen LogP contribution in [0, 0.1) is 5.92 Å². The smallest absolute Gasteiger partial charge is 0.164 e. The largest absolute Gasteiger partial charge is 0.344 e. The summed E-state index contributed by atoms with van der Waals surface area (Å²) in [6.45, 7) is 14.7. The molecule has 2 fully saturated rings. The Morgan fingerprint density at radius 2 is 2.00 bits per heavy atom. The fraction of sp³-hybridized carbons (Fsp3) is 0.722. The molecule has 3 aliphatic rings. The van der Waals surface area contributed by atoms with Crippen LogP contribution in [0.4, 0.5) is 0 Å². The van der Waals surface area contributed by atoms with Crippen molar-refractivity contribution >= 4 is 13.9 Å². The minimum Gasteiger partial charge on any atom is -0.344 e. The molecule has 122 valence electrons. The first-order chi connectivity index (χ1) is 10.1. The van der Waals surface area contributed by atoms with Gasteiger partial charge in [-0.15, -0.1) is 6.58 Å². The van der Waals surface area contributed by atoms with Gasteiger partial charge in [-0.1, -0.05) is 25.7 Å². The number of Topliss-reactive ketones (excluding diaryl/α,β-unsaturated/α-hetero) is 1. The van der Waals surface area contributed by atoms with Crippen molar-refractivity contribution in [1.82, 2.24) is 0 Å². The topological polar surface area (TPSA) is 35.5 Å². The molecule has 0 N–H and O–H groups in total. The molecule has 0 aromatic carbocycles. The van der Waals surface area contributed by atoms with E-state index in [1.165, 1.54) is 5.57 Å². The molecule has 0 unspecified atom stereocenters. The Bertz CT molecular complexity index is 555. The van der Waals surface area contributed by atoms with Crippen LogP contribution in [-0.4, -0.2) is 31.3 Å². The minimum atomic E-state index is -1.65. The Hall–Kier alpha value is -0.713. The molecule has 2 bridgehead atoms. The van der Waals surface area contributed by atoms with E-state index in [0.717, 1.165) is 24.5 Å². The summed E-state index contributed by atoms with van der Waals surface area (Å²) in [6.07, 6.45) is 5.25. The van der Waals surface area contributed by atoms with Gasteiger partial charge in [0.05, 0.1) is 19.8 Å². The van der Waals surface area contributed by atoms with Crippen molar-refractivity contribution in [3.05, 3.63) is 23.4 Å². The molecular formula is C18H28O3Si. The number of rotatable bonds is 3. The molecule has 0 aromatic rings. The number of fused-ring (bicyclic) bond motifs is 4. The van der Waals surface area contributed by atoms with Gasteiger partial charge in [0.1, 0.15) is 0 Å². The second kappa shape index (κ2) is 4.89. The van der Waals surface area contributed by atoms with E-state index in [2.05, 4.69) is 26.2 Å². The van der Waals surface area contributed by atoms with Crippen molar-refractivity contribution in [3.8, 4) is 0 Å². The Kier molecular flexibility index (Phi) is 3.59. The lowest BCUT2D eigenvalue weighted by Crippen LogP contribution is -2.57. The lowest BCUT2D eigenvalue weighted by molar-refractivity contribution is -0.338. The van der Waals surface area contributed by atoms with E-state index in [1.807, 2.05) is 19.9 Å². The third-order valence-corrected chi connectivity index (χ3v) is 7.18. The van der Waals surface area contributed by atoms with Gasteiger partial charge in [-0.3, -0.25) is 4.79 Å². The molecule has 0 radical (unpaired) electrons. The molecule has 1 heterocycles. The lowest BCUT2D eigenvalue weighted by Gasteiger charge is -2.54. The highest BCUT2D eigenvalue weighted by Crippen LogP contribution is 2.54. The maximum absolute atomic E-state index is 12.7. The average molecular weight is 321 g/mol. The van der Waals surface area contributed by atoms with Gasteiger partial charge in [-0.05, 0) is 43.4 Å². The summed E-state index contributed by atoms with van der Waals surface area (Å²) in [4.78, 5) is 12.7. The van der Waals surface area contributed by atoms with E-state index in [-0.39, 0.29) is 11.7 Å². The fourth-order valence-electron chi connectivity index (χ4n) is 4.79. The molecule has 22 heavy (non-hydrogen) atoms. The maximum atomic E-state index is 12.7. The molecule has 0 amide bonds. The molecule has 1 saturated heterocycles. The van der Waals surface area contributed by atoms with Crippen LogP contribution in [0.25, 0.3) is 0 Å². The van der Waals surface area contributed by atoms with Gasteiger partial charge < -0.3 is 9.47 Å². The molecule has 3 nitrogen and oxygen atoms in total. The van der Waals surface area contributed by atoms with Crippen molar-refractivity contribution in [2.45, 2.75) is 76.7 Å². The van der Waals surface area contributed by atoms with Gasteiger partial charge in [0.2, 0.25) is 0 Å². The Labute approximate surface area is 134 Å². The number of carbonyl (C=O) groups excluding carboxylic acids is 1. The Morgan fingerprint density at radius 1 is 1.32 bits per heavy atom. The Balaban J connectivity index is 2.08. The van der Waals surface area contributed by atoms with E-state index >= 15 is 0 Å². The highest BCUT2D eigenvalue weighted by molar-refractivity contribution is 6.87. The first-order valence-electron chi connectivity index (χ1n) is 8.34.